The molecule has 5 rings (SSSR count). The van der Waals surface area contributed by atoms with Gasteiger partial charge in [-0.1, -0.05) is 42.5 Å². The lowest BCUT2D eigenvalue weighted by atomic mass is 9.77. The summed E-state index contributed by atoms with van der Waals surface area (Å²) >= 11 is 0. The fraction of sp³-hybridized carbons (Fsp3) is 0.304. The molecule has 1 spiro atoms. The summed E-state index contributed by atoms with van der Waals surface area (Å²) in [5.74, 6) is 1.08. The normalized spacial score (nSPS) is 18.2. The third kappa shape index (κ3) is 2.87. The number of hydrogen-bond donors (Lipinski definition) is 0. The first-order valence-electron chi connectivity index (χ1n) is 10.2. The predicted molar refractivity (Wildman–Crippen MR) is 113 cm³/mol. The number of nitriles is 1. The van der Waals surface area contributed by atoms with Crippen molar-refractivity contribution in [1.82, 2.24) is 13.9 Å². The molecule has 30 heavy (non-hydrogen) atoms. The number of sulfonamides is 1. The van der Waals surface area contributed by atoms with E-state index in [1.165, 1.54) is 10.4 Å². The molecule has 2 aliphatic rings. The highest BCUT2D eigenvalue weighted by molar-refractivity contribution is 7.89. The maximum atomic E-state index is 13.2. The van der Waals surface area contributed by atoms with Crippen LogP contribution < -0.4 is 0 Å². The lowest BCUT2D eigenvalue weighted by Gasteiger charge is -2.37. The molecule has 7 heteroatoms. The minimum Gasteiger partial charge on any atom is -0.328 e. The maximum absolute atomic E-state index is 13.2. The molecule has 2 aromatic carbocycles. The van der Waals surface area contributed by atoms with Gasteiger partial charge in [-0.15, -0.1) is 0 Å². The van der Waals surface area contributed by atoms with Gasteiger partial charge in [-0.3, -0.25) is 0 Å². The molecule has 0 unspecified atom stereocenters. The molecule has 0 radical (unpaired) electrons. The summed E-state index contributed by atoms with van der Waals surface area (Å²) in [5.41, 5.74) is 2.40. The number of rotatable bonds is 3. The van der Waals surface area contributed by atoms with Crippen molar-refractivity contribution in [3.63, 3.8) is 0 Å². The van der Waals surface area contributed by atoms with Crippen LogP contribution in [0.5, 0.6) is 0 Å². The molecule has 1 aromatic heterocycles. The van der Waals surface area contributed by atoms with Crippen molar-refractivity contribution in [2.75, 3.05) is 13.1 Å². The maximum Gasteiger partial charge on any atom is 0.244 e. The van der Waals surface area contributed by atoms with Crippen molar-refractivity contribution in [1.29, 1.82) is 5.26 Å². The number of hydrogen-bond acceptors (Lipinski definition) is 4. The van der Waals surface area contributed by atoms with Gasteiger partial charge in [-0.2, -0.15) is 9.57 Å². The summed E-state index contributed by atoms with van der Waals surface area (Å²) in [4.78, 5) is 4.87. The van der Waals surface area contributed by atoms with E-state index in [2.05, 4.69) is 16.7 Å². The van der Waals surface area contributed by atoms with Gasteiger partial charge in [-0.25, -0.2) is 13.4 Å². The number of fused-ring (bicyclic) bond motifs is 2. The largest absolute Gasteiger partial charge is 0.328 e. The average Bonchev–Trinajstić information content (AvgIpc) is 3.36. The Morgan fingerprint density at radius 1 is 0.933 bits per heavy atom. The Kier molecular flexibility index (Phi) is 4.49. The highest BCUT2D eigenvalue weighted by Crippen LogP contribution is 2.45. The molecule has 2 aliphatic heterocycles. The minimum absolute atomic E-state index is 0.0756. The van der Waals surface area contributed by atoms with E-state index in [0.717, 1.165) is 42.9 Å². The van der Waals surface area contributed by atoms with Crippen LogP contribution in [-0.4, -0.2) is 35.4 Å². The predicted octanol–water partition coefficient (Wildman–Crippen LogP) is 3.55. The van der Waals surface area contributed by atoms with Gasteiger partial charge in [0, 0.05) is 25.0 Å². The molecule has 0 atom stereocenters. The number of nitrogens with zero attached hydrogens (tertiary/aromatic N) is 4. The fourth-order valence-corrected chi connectivity index (χ4v) is 6.44. The molecular formula is C23H22N4O2S. The molecule has 6 nitrogen and oxygen atoms in total. The van der Waals surface area contributed by atoms with Gasteiger partial charge in [0.2, 0.25) is 10.0 Å². The summed E-state index contributed by atoms with van der Waals surface area (Å²) < 4.78 is 30.1. The van der Waals surface area contributed by atoms with E-state index >= 15 is 0 Å². The monoisotopic (exact) mass is 418 g/mol. The van der Waals surface area contributed by atoms with Gasteiger partial charge < -0.3 is 4.57 Å². The van der Waals surface area contributed by atoms with Crippen molar-refractivity contribution in [2.45, 2.75) is 36.1 Å². The zero-order valence-corrected chi connectivity index (χ0v) is 17.3. The minimum atomic E-state index is -3.68. The van der Waals surface area contributed by atoms with Crippen LogP contribution in [0.3, 0.4) is 0 Å². The fourth-order valence-electron chi connectivity index (χ4n) is 4.85. The van der Waals surface area contributed by atoms with Crippen molar-refractivity contribution in [2.24, 2.45) is 0 Å². The second kappa shape index (κ2) is 7.08. The number of imidazole rings is 1. The van der Waals surface area contributed by atoms with Gasteiger partial charge in [-0.05, 0) is 37.0 Å². The van der Waals surface area contributed by atoms with E-state index in [1.54, 1.807) is 18.2 Å². The second-order valence-electron chi connectivity index (χ2n) is 8.03. The second-order valence-corrected chi connectivity index (χ2v) is 9.93. The van der Waals surface area contributed by atoms with Gasteiger partial charge in [0.05, 0.1) is 22.3 Å². The van der Waals surface area contributed by atoms with Crippen LogP contribution in [0, 0.1) is 11.3 Å². The topological polar surface area (TPSA) is 79.0 Å². The summed E-state index contributed by atoms with van der Waals surface area (Å²) in [6, 6.07) is 18.7. The highest BCUT2D eigenvalue weighted by Gasteiger charge is 2.46. The van der Waals surface area contributed by atoms with Crippen molar-refractivity contribution in [3.8, 4) is 17.3 Å². The Morgan fingerprint density at radius 3 is 2.33 bits per heavy atom. The van der Waals surface area contributed by atoms with E-state index in [-0.39, 0.29) is 15.9 Å². The molecule has 3 heterocycles. The number of benzene rings is 2. The van der Waals surface area contributed by atoms with Gasteiger partial charge >= 0.3 is 0 Å². The lowest BCUT2D eigenvalue weighted by Crippen LogP contribution is -2.44. The summed E-state index contributed by atoms with van der Waals surface area (Å²) in [6.45, 7) is 1.79. The smallest absolute Gasteiger partial charge is 0.244 e. The first kappa shape index (κ1) is 19.0. The first-order chi connectivity index (χ1) is 14.5. The summed E-state index contributed by atoms with van der Waals surface area (Å²) in [5, 5.41) is 9.31. The molecule has 0 N–H and O–H groups in total. The van der Waals surface area contributed by atoms with Gasteiger partial charge in [0.15, 0.2) is 0 Å². The molecule has 0 bridgehead atoms. The summed E-state index contributed by atoms with van der Waals surface area (Å²) in [7, 11) is -3.68. The Hall–Kier alpha value is -2.95. The van der Waals surface area contributed by atoms with Crippen LogP contribution in [-0.2, 0) is 22.0 Å². The van der Waals surface area contributed by atoms with Crippen molar-refractivity contribution < 1.29 is 8.42 Å². The molecule has 0 amide bonds. The van der Waals surface area contributed by atoms with Crippen molar-refractivity contribution in [3.05, 3.63) is 72.2 Å². The Labute approximate surface area is 176 Å². The molecular weight excluding hydrogens is 396 g/mol. The van der Waals surface area contributed by atoms with Crippen molar-refractivity contribution >= 4 is 10.0 Å². The van der Waals surface area contributed by atoms with Gasteiger partial charge in [0.25, 0.3) is 0 Å². The number of piperidine rings is 1. The molecule has 0 saturated carbocycles. The van der Waals surface area contributed by atoms with E-state index in [9.17, 15) is 13.7 Å². The zero-order chi connectivity index (χ0) is 20.8. The van der Waals surface area contributed by atoms with Crippen LogP contribution in [0.25, 0.3) is 11.3 Å². The SMILES string of the molecule is N#Cc1ccccc1S(=O)(=O)N1CCC2(CC1)CCn1c(-c3ccccc3)cnc12. The van der Waals surface area contributed by atoms with Crippen LogP contribution in [0.15, 0.2) is 65.7 Å². The lowest BCUT2D eigenvalue weighted by molar-refractivity contribution is 0.228. The Bertz CT molecular complexity index is 1230. The molecule has 3 aromatic rings. The third-order valence-electron chi connectivity index (χ3n) is 6.52. The first-order valence-corrected chi connectivity index (χ1v) is 11.6. The summed E-state index contributed by atoms with van der Waals surface area (Å²) in [6.07, 6.45) is 4.41. The molecule has 1 fully saturated rings. The van der Waals surface area contributed by atoms with E-state index in [1.807, 2.05) is 30.5 Å². The standard InChI is InChI=1S/C23H22N4O2S/c24-16-19-8-4-5-9-21(19)30(28,29)26-13-10-23(11-14-26)12-15-27-20(17-25-22(23)27)18-6-2-1-3-7-18/h1-9,17H,10-15H2. The van der Waals surface area contributed by atoms with E-state index in [0.29, 0.717) is 13.1 Å². The molecule has 152 valence electrons. The third-order valence-corrected chi connectivity index (χ3v) is 8.48. The van der Waals surface area contributed by atoms with Crippen LogP contribution in [0.1, 0.15) is 30.7 Å². The van der Waals surface area contributed by atoms with E-state index in [4.69, 9.17) is 4.98 Å². The molecule has 0 aliphatic carbocycles. The van der Waals surface area contributed by atoms with Gasteiger partial charge in [0.1, 0.15) is 11.9 Å². The Morgan fingerprint density at radius 2 is 1.60 bits per heavy atom. The quantitative estimate of drug-likeness (QED) is 0.652. The van der Waals surface area contributed by atoms with E-state index < -0.39 is 10.0 Å². The van der Waals surface area contributed by atoms with Crippen LogP contribution in [0.4, 0.5) is 0 Å². The highest BCUT2D eigenvalue weighted by atomic mass is 32.2. The Balaban J connectivity index is 1.40. The zero-order valence-electron chi connectivity index (χ0n) is 16.5. The average molecular weight is 419 g/mol. The number of aromatic nitrogens is 2. The van der Waals surface area contributed by atoms with Crippen LogP contribution >= 0.6 is 0 Å². The molecule has 1 saturated heterocycles. The van der Waals surface area contributed by atoms with Crippen LogP contribution in [0.2, 0.25) is 0 Å².